The number of amides is 1. The van der Waals surface area contributed by atoms with E-state index in [1.54, 1.807) is 30.2 Å². The van der Waals surface area contributed by atoms with Crippen molar-refractivity contribution in [3.05, 3.63) is 70.3 Å². The molecule has 1 aliphatic heterocycles. The van der Waals surface area contributed by atoms with Gasteiger partial charge in [0.05, 0.1) is 18.7 Å². The highest BCUT2D eigenvalue weighted by molar-refractivity contribution is 6.46. The molecule has 1 fully saturated rings. The zero-order valence-electron chi connectivity index (χ0n) is 19.5. The number of hydrogen-bond acceptors (Lipinski definition) is 5. The van der Waals surface area contributed by atoms with Crippen LogP contribution in [0.5, 0.6) is 5.75 Å². The molecule has 170 valence electrons. The summed E-state index contributed by atoms with van der Waals surface area (Å²) < 4.78 is 5.26. The van der Waals surface area contributed by atoms with E-state index in [-0.39, 0.29) is 11.3 Å². The summed E-state index contributed by atoms with van der Waals surface area (Å²) in [7, 11) is 1.58. The van der Waals surface area contributed by atoms with E-state index in [2.05, 4.69) is 18.7 Å². The number of Topliss-reactive ketones (excluding diaryl/α,β-unsaturated/α-hetero) is 1. The number of aliphatic hydroxyl groups is 1. The van der Waals surface area contributed by atoms with Gasteiger partial charge in [0.25, 0.3) is 11.7 Å². The minimum Gasteiger partial charge on any atom is -0.507 e. The van der Waals surface area contributed by atoms with Crippen LogP contribution in [0, 0.1) is 13.8 Å². The fourth-order valence-corrected chi connectivity index (χ4v) is 4.17. The molecule has 1 N–H and O–H groups in total. The molecule has 32 heavy (non-hydrogen) atoms. The van der Waals surface area contributed by atoms with Crippen molar-refractivity contribution in [2.45, 2.75) is 33.7 Å². The maximum Gasteiger partial charge on any atom is 0.295 e. The van der Waals surface area contributed by atoms with Crippen LogP contribution >= 0.6 is 0 Å². The SMILES string of the molecule is CCN(CC)CCN1C(=O)C(=O)/C(=C(/O)c2ccc(OC)cc2C)[C@@H]1c1ccc(C)cc1. The van der Waals surface area contributed by atoms with Gasteiger partial charge in [-0.3, -0.25) is 9.59 Å². The topological polar surface area (TPSA) is 70.1 Å². The van der Waals surface area contributed by atoms with Crippen molar-refractivity contribution in [2.24, 2.45) is 0 Å². The van der Waals surface area contributed by atoms with Gasteiger partial charge in [0.1, 0.15) is 11.5 Å². The van der Waals surface area contributed by atoms with E-state index >= 15 is 0 Å². The van der Waals surface area contributed by atoms with Crippen molar-refractivity contribution in [3.8, 4) is 5.75 Å². The van der Waals surface area contributed by atoms with Crippen molar-refractivity contribution >= 4 is 17.4 Å². The average molecular weight is 437 g/mol. The summed E-state index contributed by atoms with van der Waals surface area (Å²) in [6, 6.07) is 12.4. The third-order valence-corrected chi connectivity index (χ3v) is 6.17. The summed E-state index contributed by atoms with van der Waals surface area (Å²) in [6.45, 7) is 10.8. The second kappa shape index (κ2) is 10.0. The van der Waals surface area contributed by atoms with Crippen molar-refractivity contribution in [3.63, 3.8) is 0 Å². The molecule has 3 rings (SSSR count). The number of likely N-dealkylation sites (tertiary alicyclic amines) is 1. The zero-order chi connectivity index (χ0) is 23.4. The number of benzene rings is 2. The van der Waals surface area contributed by atoms with Crippen molar-refractivity contribution in [2.75, 3.05) is 33.3 Å². The van der Waals surface area contributed by atoms with E-state index in [9.17, 15) is 14.7 Å². The molecular weight excluding hydrogens is 404 g/mol. The van der Waals surface area contributed by atoms with Gasteiger partial charge in [-0.1, -0.05) is 43.7 Å². The van der Waals surface area contributed by atoms with Gasteiger partial charge in [-0.25, -0.2) is 0 Å². The fourth-order valence-electron chi connectivity index (χ4n) is 4.17. The lowest BCUT2D eigenvalue weighted by Gasteiger charge is -2.28. The highest BCUT2D eigenvalue weighted by Crippen LogP contribution is 2.40. The molecule has 1 atom stereocenters. The maximum atomic E-state index is 13.2. The van der Waals surface area contributed by atoms with Crippen LogP contribution in [0.1, 0.15) is 42.1 Å². The Balaban J connectivity index is 2.12. The van der Waals surface area contributed by atoms with Crippen LogP contribution in [-0.2, 0) is 9.59 Å². The highest BCUT2D eigenvalue weighted by atomic mass is 16.5. The van der Waals surface area contributed by atoms with Gasteiger partial charge >= 0.3 is 0 Å². The lowest BCUT2D eigenvalue weighted by molar-refractivity contribution is -0.140. The lowest BCUT2D eigenvalue weighted by Crippen LogP contribution is -2.38. The molecule has 0 spiro atoms. The average Bonchev–Trinajstić information content (AvgIpc) is 3.04. The number of nitrogens with zero attached hydrogens (tertiary/aromatic N) is 2. The molecule has 2 aromatic rings. The van der Waals surface area contributed by atoms with Crippen LogP contribution in [0.4, 0.5) is 0 Å². The molecule has 1 amide bonds. The quantitative estimate of drug-likeness (QED) is 0.384. The van der Waals surface area contributed by atoms with E-state index < -0.39 is 17.7 Å². The van der Waals surface area contributed by atoms with Crippen LogP contribution < -0.4 is 4.74 Å². The lowest BCUT2D eigenvalue weighted by atomic mass is 9.93. The molecule has 0 saturated carbocycles. The number of ketones is 1. The number of hydrogen-bond donors (Lipinski definition) is 1. The Morgan fingerprint density at radius 2 is 1.72 bits per heavy atom. The van der Waals surface area contributed by atoms with Gasteiger partial charge in [-0.15, -0.1) is 0 Å². The predicted molar refractivity (Wildman–Crippen MR) is 126 cm³/mol. The first-order chi connectivity index (χ1) is 15.3. The third kappa shape index (κ3) is 4.55. The van der Waals surface area contributed by atoms with E-state index in [4.69, 9.17) is 4.74 Å². The van der Waals surface area contributed by atoms with Gasteiger partial charge in [0.15, 0.2) is 0 Å². The Hall–Kier alpha value is -3.12. The van der Waals surface area contributed by atoms with Crippen LogP contribution in [0.3, 0.4) is 0 Å². The van der Waals surface area contributed by atoms with E-state index in [1.807, 2.05) is 38.1 Å². The van der Waals surface area contributed by atoms with Crippen molar-refractivity contribution < 1.29 is 19.4 Å². The highest BCUT2D eigenvalue weighted by Gasteiger charge is 2.46. The Kier molecular flexibility index (Phi) is 7.36. The molecular formula is C26H32N2O4. The monoisotopic (exact) mass is 436 g/mol. The number of likely N-dealkylation sites (N-methyl/N-ethyl adjacent to an activating group) is 1. The molecule has 0 aromatic heterocycles. The molecule has 1 aliphatic rings. The summed E-state index contributed by atoms with van der Waals surface area (Å²) >= 11 is 0. The van der Waals surface area contributed by atoms with Crippen molar-refractivity contribution in [1.29, 1.82) is 0 Å². The molecule has 1 saturated heterocycles. The Labute approximate surface area is 190 Å². The first-order valence-electron chi connectivity index (χ1n) is 11.0. The number of methoxy groups -OCH3 is 1. The second-order valence-corrected chi connectivity index (χ2v) is 8.11. The van der Waals surface area contributed by atoms with E-state index in [0.717, 1.165) is 29.8 Å². The number of rotatable bonds is 8. The van der Waals surface area contributed by atoms with Gasteiger partial charge < -0.3 is 19.6 Å². The fraction of sp³-hybridized carbons (Fsp3) is 0.385. The summed E-state index contributed by atoms with van der Waals surface area (Å²) in [5, 5.41) is 11.3. The zero-order valence-corrected chi connectivity index (χ0v) is 19.5. The van der Waals surface area contributed by atoms with Crippen LogP contribution in [0.2, 0.25) is 0 Å². The molecule has 6 heteroatoms. The molecule has 0 bridgehead atoms. The predicted octanol–water partition coefficient (Wildman–Crippen LogP) is 4.08. The number of aliphatic hydroxyl groups excluding tert-OH is 1. The number of aryl methyl sites for hydroxylation is 2. The van der Waals surface area contributed by atoms with Crippen molar-refractivity contribution in [1.82, 2.24) is 9.80 Å². The minimum absolute atomic E-state index is 0.131. The van der Waals surface area contributed by atoms with Crippen LogP contribution in [-0.4, -0.2) is 59.9 Å². The summed E-state index contributed by atoms with van der Waals surface area (Å²) in [6.07, 6.45) is 0. The van der Waals surface area contributed by atoms with Crippen LogP contribution in [0.25, 0.3) is 5.76 Å². The molecule has 6 nitrogen and oxygen atoms in total. The second-order valence-electron chi connectivity index (χ2n) is 8.11. The summed E-state index contributed by atoms with van der Waals surface area (Å²) in [5.41, 5.74) is 3.30. The van der Waals surface area contributed by atoms with Gasteiger partial charge in [0, 0.05) is 18.7 Å². The minimum atomic E-state index is -0.650. The maximum absolute atomic E-state index is 13.2. The summed E-state index contributed by atoms with van der Waals surface area (Å²) in [4.78, 5) is 30.0. The number of carbonyl (C=O) groups is 2. The largest absolute Gasteiger partial charge is 0.507 e. The first kappa shape index (κ1) is 23.5. The number of ether oxygens (including phenoxy) is 1. The molecule has 1 heterocycles. The Morgan fingerprint density at radius 3 is 2.28 bits per heavy atom. The molecule has 2 aromatic carbocycles. The van der Waals surface area contributed by atoms with Crippen LogP contribution in [0.15, 0.2) is 48.0 Å². The molecule has 0 aliphatic carbocycles. The Morgan fingerprint density at radius 1 is 1.06 bits per heavy atom. The molecule has 0 radical (unpaired) electrons. The smallest absolute Gasteiger partial charge is 0.295 e. The normalized spacial score (nSPS) is 17.9. The molecule has 0 unspecified atom stereocenters. The first-order valence-corrected chi connectivity index (χ1v) is 11.0. The third-order valence-electron chi connectivity index (χ3n) is 6.17. The van der Waals surface area contributed by atoms with E-state index in [0.29, 0.717) is 24.4 Å². The summed E-state index contributed by atoms with van der Waals surface area (Å²) in [5.74, 6) is -0.716. The Bertz CT molecular complexity index is 1020. The standard InChI is InChI=1S/C26H32N2O4/c1-6-27(7-2)14-15-28-23(19-10-8-17(3)9-11-19)22(25(30)26(28)31)24(29)21-13-12-20(32-5)16-18(21)4/h8-13,16,23,29H,6-7,14-15H2,1-5H3/b24-22+/t23-/m0/s1. The number of carbonyl (C=O) groups excluding carboxylic acids is 2. The van der Waals surface area contributed by atoms with E-state index in [1.165, 1.54) is 0 Å². The van der Waals surface area contributed by atoms with Gasteiger partial charge in [-0.2, -0.15) is 0 Å². The van der Waals surface area contributed by atoms with Gasteiger partial charge in [-0.05, 0) is 56.3 Å². The van der Waals surface area contributed by atoms with Gasteiger partial charge in [0.2, 0.25) is 0 Å².